The number of amides is 1. The predicted octanol–water partition coefficient (Wildman–Crippen LogP) is -0.143. The second-order valence-electron chi connectivity index (χ2n) is 3.22. The van der Waals surface area contributed by atoms with E-state index in [1.807, 2.05) is 13.8 Å². The van der Waals surface area contributed by atoms with Crippen LogP contribution in [-0.4, -0.2) is 25.0 Å². The van der Waals surface area contributed by atoms with Crippen LogP contribution in [0.1, 0.15) is 20.3 Å². The summed E-state index contributed by atoms with van der Waals surface area (Å²) in [4.78, 5) is 10.9. The third-order valence-corrected chi connectivity index (χ3v) is 1.72. The average Bonchev–Trinajstić information content (AvgIpc) is 1.96. The molecule has 0 aliphatic heterocycles. The van der Waals surface area contributed by atoms with Crippen LogP contribution in [0.5, 0.6) is 0 Å². The molecule has 0 radical (unpaired) electrons. The van der Waals surface area contributed by atoms with Crippen molar-refractivity contribution in [1.29, 1.82) is 0 Å². The molecular formula is C8H20ClN3O. The van der Waals surface area contributed by atoms with Gasteiger partial charge in [-0.05, 0) is 25.4 Å². The van der Waals surface area contributed by atoms with Crippen molar-refractivity contribution in [3.8, 4) is 0 Å². The summed E-state index contributed by atoms with van der Waals surface area (Å²) in [5.74, 6) is -0.0534. The largest absolute Gasteiger partial charge is 0.368 e. The highest BCUT2D eigenvalue weighted by molar-refractivity contribution is 5.85. The molecule has 0 aromatic carbocycles. The van der Waals surface area contributed by atoms with Crippen LogP contribution < -0.4 is 16.8 Å². The Labute approximate surface area is 85.8 Å². The molecule has 0 aromatic heterocycles. The molecule has 13 heavy (non-hydrogen) atoms. The van der Waals surface area contributed by atoms with Crippen molar-refractivity contribution in [2.24, 2.45) is 17.4 Å². The maximum Gasteiger partial charge on any atom is 0.234 e. The Morgan fingerprint density at radius 2 is 2.00 bits per heavy atom. The monoisotopic (exact) mass is 209 g/mol. The molecule has 1 amide bonds. The number of nitrogens with one attached hydrogen (secondary N) is 1. The van der Waals surface area contributed by atoms with Gasteiger partial charge < -0.3 is 16.8 Å². The summed E-state index contributed by atoms with van der Waals surface area (Å²) in [6.45, 7) is 5.31. The highest BCUT2D eigenvalue weighted by Gasteiger charge is 2.17. The molecule has 0 spiro atoms. The van der Waals surface area contributed by atoms with Gasteiger partial charge in [-0.15, -0.1) is 12.4 Å². The zero-order chi connectivity index (χ0) is 9.56. The zero-order valence-corrected chi connectivity index (χ0v) is 9.06. The first-order valence-corrected chi connectivity index (χ1v) is 4.32. The van der Waals surface area contributed by atoms with E-state index in [9.17, 15) is 4.79 Å². The van der Waals surface area contributed by atoms with E-state index in [4.69, 9.17) is 11.5 Å². The lowest BCUT2D eigenvalue weighted by Crippen LogP contribution is -2.45. The molecule has 4 nitrogen and oxygen atoms in total. The molecule has 80 valence electrons. The van der Waals surface area contributed by atoms with Crippen LogP contribution in [0.4, 0.5) is 0 Å². The zero-order valence-electron chi connectivity index (χ0n) is 8.25. The summed E-state index contributed by atoms with van der Waals surface area (Å²) >= 11 is 0. The van der Waals surface area contributed by atoms with Gasteiger partial charge in [0.1, 0.15) is 0 Å². The van der Waals surface area contributed by atoms with E-state index in [0.29, 0.717) is 6.54 Å². The van der Waals surface area contributed by atoms with Crippen LogP contribution in [0.3, 0.4) is 0 Å². The van der Waals surface area contributed by atoms with Gasteiger partial charge in [-0.3, -0.25) is 4.79 Å². The lowest BCUT2D eigenvalue weighted by molar-refractivity contribution is -0.121. The van der Waals surface area contributed by atoms with E-state index in [2.05, 4.69) is 5.32 Å². The topological polar surface area (TPSA) is 81.1 Å². The third-order valence-electron chi connectivity index (χ3n) is 1.72. The number of halogens is 1. The summed E-state index contributed by atoms with van der Waals surface area (Å²) in [5, 5.41) is 3.06. The molecule has 1 atom stereocenters. The van der Waals surface area contributed by atoms with E-state index >= 15 is 0 Å². The smallest absolute Gasteiger partial charge is 0.234 e. The maximum atomic E-state index is 10.9. The van der Waals surface area contributed by atoms with Crippen molar-refractivity contribution in [3.05, 3.63) is 0 Å². The van der Waals surface area contributed by atoms with Gasteiger partial charge in [-0.2, -0.15) is 0 Å². The van der Waals surface area contributed by atoms with Crippen LogP contribution in [0.15, 0.2) is 0 Å². The van der Waals surface area contributed by atoms with Gasteiger partial charge in [0, 0.05) is 0 Å². The number of hydrogen-bond donors (Lipinski definition) is 3. The van der Waals surface area contributed by atoms with Crippen LogP contribution in [0.2, 0.25) is 0 Å². The van der Waals surface area contributed by atoms with Crippen molar-refractivity contribution in [2.45, 2.75) is 26.3 Å². The van der Waals surface area contributed by atoms with Gasteiger partial charge >= 0.3 is 0 Å². The fourth-order valence-corrected chi connectivity index (χ4v) is 1.02. The lowest BCUT2D eigenvalue weighted by Gasteiger charge is -2.18. The minimum Gasteiger partial charge on any atom is -0.368 e. The second-order valence-corrected chi connectivity index (χ2v) is 3.22. The molecule has 0 aliphatic carbocycles. The summed E-state index contributed by atoms with van der Waals surface area (Å²) in [7, 11) is 0. The van der Waals surface area contributed by atoms with Crippen molar-refractivity contribution >= 4 is 18.3 Å². The van der Waals surface area contributed by atoms with Gasteiger partial charge in [0.15, 0.2) is 0 Å². The van der Waals surface area contributed by atoms with Crippen molar-refractivity contribution in [2.75, 3.05) is 13.1 Å². The Morgan fingerprint density at radius 3 is 2.31 bits per heavy atom. The first kappa shape index (κ1) is 15.2. The normalized spacial score (nSPS) is 12.3. The standard InChI is InChI=1S/C8H19N3O.ClH/c1-6(2)7(8(10)12)11-5-3-4-9;/h6-7,11H,3-5,9H2,1-2H3,(H2,10,12);1H/t7-;/m0./s1. The van der Waals surface area contributed by atoms with E-state index in [1.165, 1.54) is 0 Å². The molecule has 5 heteroatoms. The molecule has 0 rings (SSSR count). The highest BCUT2D eigenvalue weighted by Crippen LogP contribution is 1.99. The summed E-state index contributed by atoms with van der Waals surface area (Å²) < 4.78 is 0. The second kappa shape index (κ2) is 8.29. The van der Waals surface area contributed by atoms with Gasteiger partial charge in [0.25, 0.3) is 0 Å². The Bertz CT molecular complexity index is 141. The average molecular weight is 210 g/mol. The summed E-state index contributed by atoms with van der Waals surface area (Å²) in [6.07, 6.45) is 0.872. The first-order valence-electron chi connectivity index (χ1n) is 4.32. The third kappa shape index (κ3) is 6.81. The molecule has 0 fully saturated rings. The highest BCUT2D eigenvalue weighted by atomic mass is 35.5. The number of carbonyl (C=O) groups is 1. The van der Waals surface area contributed by atoms with Crippen molar-refractivity contribution < 1.29 is 4.79 Å². The van der Waals surface area contributed by atoms with Crippen LogP contribution in [-0.2, 0) is 4.79 Å². The molecule has 5 N–H and O–H groups in total. The quantitative estimate of drug-likeness (QED) is 0.533. The SMILES string of the molecule is CC(C)[C@H](NCCCN)C(N)=O.Cl. The van der Waals surface area contributed by atoms with E-state index in [-0.39, 0.29) is 30.3 Å². The van der Waals surface area contributed by atoms with Gasteiger partial charge in [-0.25, -0.2) is 0 Å². The van der Waals surface area contributed by atoms with Crippen molar-refractivity contribution in [1.82, 2.24) is 5.32 Å². The minimum absolute atomic E-state index is 0. The number of primary amides is 1. The van der Waals surface area contributed by atoms with E-state index in [0.717, 1.165) is 13.0 Å². The lowest BCUT2D eigenvalue weighted by atomic mass is 10.0. The number of nitrogens with two attached hydrogens (primary N) is 2. The Kier molecular flexibility index (Phi) is 9.67. The fraction of sp³-hybridized carbons (Fsp3) is 0.875. The summed E-state index contributed by atoms with van der Waals surface area (Å²) in [6, 6.07) is -0.225. The molecule has 0 unspecified atom stereocenters. The molecular weight excluding hydrogens is 190 g/mol. The first-order chi connectivity index (χ1) is 5.59. The predicted molar refractivity (Wildman–Crippen MR) is 56.7 cm³/mol. The van der Waals surface area contributed by atoms with Gasteiger partial charge in [0.05, 0.1) is 6.04 Å². The molecule has 0 aromatic rings. The van der Waals surface area contributed by atoms with Crippen LogP contribution in [0, 0.1) is 5.92 Å². The molecule has 0 saturated heterocycles. The molecule has 0 saturated carbocycles. The van der Waals surface area contributed by atoms with E-state index < -0.39 is 0 Å². The number of rotatable bonds is 6. The van der Waals surface area contributed by atoms with E-state index in [1.54, 1.807) is 0 Å². The molecule has 0 heterocycles. The van der Waals surface area contributed by atoms with Crippen molar-refractivity contribution in [3.63, 3.8) is 0 Å². The fourth-order valence-electron chi connectivity index (χ4n) is 1.02. The maximum absolute atomic E-state index is 10.9. The van der Waals surface area contributed by atoms with Crippen LogP contribution in [0.25, 0.3) is 0 Å². The Hall–Kier alpha value is -0.320. The van der Waals surface area contributed by atoms with Gasteiger partial charge in [0.2, 0.25) is 5.91 Å². The molecule has 0 bridgehead atoms. The number of carbonyl (C=O) groups excluding carboxylic acids is 1. The molecule has 0 aliphatic rings. The Morgan fingerprint density at radius 1 is 1.46 bits per heavy atom. The number of hydrogen-bond acceptors (Lipinski definition) is 3. The summed E-state index contributed by atoms with van der Waals surface area (Å²) in [5.41, 5.74) is 10.5. The minimum atomic E-state index is -0.290. The van der Waals surface area contributed by atoms with Crippen LogP contribution >= 0.6 is 12.4 Å². The Balaban J connectivity index is 0. The van der Waals surface area contributed by atoms with Gasteiger partial charge in [-0.1, -0.05) is 13.8 Å².